The van der Waals surface area contributed by atoms with Crippen LogP contribution < -0.4 is 10.1 Å². The molecule has 0 amide bonds. The standard InChI is InChI=1S/C18H29NO3/c1-14(2)19-11-17(20)13-22-18-7-5-15(6-8-18)9-10-21-12-16-3-4-16/h5-8,14,16-17,19-20H,3-4,9-13H2,1-2H3/i1D3,2D3,9D2,10D2,11D2,12D2,13D2,14D,17D. The zero-order valence-electron chi connectivity index (χ0n) is 29.6. The Morgan fingerprint density at radius 3 is 2.86 bits per heavy atom. The van der Waals surface area contributed by atoms with Gasteiger partial charge in [0.25, 0.3) is 0 Å². The molecule has 4 heteroatoms. The van der Waals surface area contributed by atoms with E-state index in [0.29, 0.717) is 12.8 Å². The summed E-state index contributed by atoms with van der Waals surface area (Å²) in [6.07, 6.45) is -6.13. The van der Waals surface area contributed by atoms with Crippen molar-refractivity contribution in [3.05, 3.63) is 29.8 Å². The minimum Gasteiger partial charge on any atom is -0.491 e. The number of aryl methyl sites for hydroxylation is 1. The van der Waals surface area contributed by atoms with E-state index >= 15 is 0 Å². The first-order chi connectivity index (χ1) is 17.5. The number of hydrogen-bond acceptors (Lipinski definition) is 4. The molecule has 1 aromatic carbocycles. The number of benzene rings is 1. The third kappa shape index (κ3) is 7.25. The van der Waals surface area contributed by atoms with Crippen LogP contribution in [0.15, 0.2) is 24.3 Å². The minimum atomic E-state index is -4.09. The van der Waals surface area contributed by atoms with Crippen LogP contribution in [-0.4, -0.2) is 43.4 Å². The topological polar surface area (TPSA) is 50.7 Å². The van der Waals surface area contributed by atoms with Crippen LogP contribution in [0.25, 0.3) is 0 Å². The van der Waals surface area contributed by atoms with E-state index in [1.54, 1.807) is 0 Å². The summed E-state index contributed by atoms with van der Waals surface area (Å²) in [6, 6.07) is -0.219. The van der Waals surface area contributed by atoms with Gasteiger partial charge < -0.3 is 19.9 Å². The van der Waals surface area contributed by atoms with Crippen molar-refractivity contribution in [1.82, 2.24) is 5.32 Å². The molecule has 0 radical (unpaired) electrons. The maximum Gasteiger partial charge on any atom is 0.119 e. The summed E-state index contributed by atoms with van der Waals surface area (Å²) < 4.78 is 149. The first kappa shape index (κ1) is 5.20. The van der Waals surface area contributed by atoms with Crippen LogP contribution in [0, 0.1) is 5.92 Å². The van der Waals surface area contributed by atoms with Gasteiger partial charge in [-0.3, -0.25) is 0 Å². The highest BCUT2D eigenvalue weighted by molar-refractivity contribution is 5.27. The molecular weight excluding hydrogens is 278 g/mol. The van der Waals surface area contributed by atoms with Gasteiger partial charge in [0.1, 0.15) is 18.4 Å². The summed E-state index contributed by atoms with van der Waals surface area (Å²) in [7, 11) is 0. The Balaban J connectivity index is 2.31. The Morgan fingerprint density at radius 1 is 1.41 bits per heavy atom. The van der Waals surface area contributed by atoms with Gasteiger partial charge in [0, 0.05) is 34.2 Å². The summed E-state index contributed by atoms with van der Waals surface area (Å²) in [6.45, 7) is -20.7. The molecule has 1 aliphatic rings. The Hall–Kier alpha value is -1.10. The highest BCUT2D eigenvalue weighted by Gasteiger charge is 2.20. The van der Waals surface area contributed by atoms with Crippen molar-refractivity contribution in [3.8, 4) is 5.75 Å². The lowest BCUT2D eigenvalue weighted by Gasteiger charge is -2.15. The maximum atomic E-state index is 10.5. The highest BCUT2D eigenvalue weighted by atomic mass is 16.5. The normalized spacial score (nSPS) is 34.4. The molecule has 4 nitrogen and oxygen atoms in total. The average molecular weight is 326 g/mol. The van der Waals surface area contributed by atoms with Crippen molar-refractivity contribution < 1.29 is 39.3 Å². The zero-order valence-corrected chi connectivity index (χ0v) is 11.6. The van der Waals surface area contributed by atoms with Gasteiger partial charge >= 0.3 is 0 Å². The second kappa shape index (κ2) is 9.13. The zero-order chi connectivity index (χ0) is 31.6. The summed E-state index contributed by atoms with van der Waals surface area (Å²) in [4.78, 5) is 0. The molecule has 1 fully saturated rings. The van der Waals surface area contributed by atoms with E-state index in [1.807, 2.05) is 0 Å². The predicted molar refractivity (Wildman–Crippen MR) is 88.3 cm³/mol. The second-order valence-electron chi connectivity index (χ2n) is 4.42. The van der Waals surface area contributed by atoms with Crippen LogP contribution in [0.2, 0.25) is 0 Å². The molecule has 1 aliphatic carbocycles. The van der Waals surface area contributed by atoms with Gasteiger partial charge in [-0.15, -0.1) is 0 Å². The van der Waals surface area contributed by atoms with Gasteiger partial charge in [-0.05, 0) is 42.8 Å². The molecule has 1 saturated carbocycles. The van der Waals surface area contributed by atoms with E-state index in [0.717, 1.165) is 24.3 Å². The molecule has 0 spiro atoms. The Kier molecular flexibility index (Phi) is 2.16. The van der Waals surface area contributed by atoms with E-state index in [1.165, 1.54) is 5.32 Å². The third-order valence-electron chi connectivity index (χ3n) is 2.48. The van der Waals surface area contributed by atoms with Crippen molar-refractivity contribution in [2.75, 3.05) is 26.2 Å². The van der Waals surface area contributed by atoms with Crippen LogP contribution in [0.5, 0.6) is 5.75 Å². The highest BCUT2D eigenvalue weighted by Crippen LogP contribution is 2.28. The average Bonchev–Trinajstić information content (AvgIpc) is 3.57. The van der Waals surface area contributed by atoms with Gasteiger partial charge in [0.2, 0.25) is 0 Å². The van der Waals surface area contributed by atoms with Crippen molar-refractivity contribution in [2.45, 2.75) is 45.0 Å². The van der Waals surface area contributed by atoms with Gasteiger partial charge in [-0.2, -0.15) is 0 Å². The smallest absolute Gasteiger partial charge is 0.119 e. The minimum absolute atomic E-state index is 0.399. The maximum absolute atomic E-state index is 10.5. The largest absolute Gasteiger partial charge is 0.491 e. The lowest BCUT2D eigenvalue weighted by molar-refractivity contribution is 0.104. The molecule has 0 bridgehead atoms. The fraction of sp³-hybridized carbons (Fsp3) is 0.667. The fourth-order valence-electron chi connectivity index (χ4n) is 1.26. The molecule has 0 aromatic heterocycles. The molecule has 1 aromatic rings. The quantitative estimate of drug-likeness (QED) is 0.656. The van der Waals surface area contributed by atoms with E-state index in [9.17, 15) is 5.11 Å². The molecule has 2 rings (SSSR count). The Morgan fingerprint density at radius 2 is 2.18 bits per heavy atom. The Labute approximate surface area is 159 Å². The van der Waals surface area contributed by atoms with E-state index in [4.69, 9.17) is 34.1 Å². The molecule has 1 atom stereocenters. The molecule has 0 aliphatic heterocycles. The Bertz CT molecular complexity index is 1030. The molecule has 0 heterocycles. The predicted octanol–water partition coefficient (Wildman–Crippen LogP) is 2.39. The molecule has 124 valence electrons. The summed E-state index contributed by atoms with van der Waals surface area (Å²) in [5, 5.41) is 11.7. The first-order valence-electron chi connectivity index (χ1n) is 15.5. The van der Waals surface area contributed by atoms with Crippen LogP contribution in [0.3, 0.4) is 0 Å². The van der Waals surface area contributed by atoms with Crippen molar-refractivity contribution >= 4 is 0 Å². The van der Waals surface area contributed by atoms with E-state index < -0.39 is 75.6 Å². The monoisotopic (exact) mass is 325 g/mol. The number of ether oxygens (including phenoxy) is 2. The summed E-state index contributed by atoms with van der Waals surface area (Å²) in [5.41, 5.74) is -0.399. The number of nitrogens with one attached hydrogen (secondary N) is 1. The first-order valence-corrected chi connectivity index (χ1v) is 6.47. The van der Waals surface area contributed by atoms with Crippen LogP contribution >= 0.6 is 0 Å². The van der Waals surface area contributed by atoms with Crippen molar-refractivity contribution in [2.24, 2.45) is 5.92 Å². The van der Waals surface area contributed by atoms with Crippen LogP contribution in [0.1, 0.15) is 56.8 Å². The summed E-state index contributed by atoms with van der Waals surface area (Å²) in [5.74, 6) is -1.14. The van der Waals surface area contributed by atoms with Crippen molar-refractivity contribution in [1.29, 1.82) is 0 Å². The second-order valence-corrected chi connectivity index (χ2v) is 4.42. The van der Waals surface area contributed by atoms with E-state index in [-0.39, 0.29) is 0 Å². The third-order valence-corrected chi connectivity index (χ3v) is 2.48. The van der Waals surface area contributed by atoms with Crippen LogP contribution in [-0.2, 0) is 11.1 Å². The van der Waals surface area contributed by atoms with E-state index in [2.05, 4.69) is 0 Å². The fourth-order valence-corrected chi connectivity index (χ4v) is 1.26. The molecule has 22 heavy (non-hydrogen) atoms. The number of hydrogen-bond donors (Lipinski definition) is 2. The molecule has 0 saturated heterocycles. The number of rotatable bonds is 11. The van der Waals surface area contributed by atoms with Gasteiger partial charge in [-0.25, -0.2) is 0 Å². The molecule has 2 N–H and O–H groups in total. The number of aliphatic hydroxyl groups is 1. The van der Waals surface area contributed by atoms with Crippen LogP contribution in [0.4, 0.5) is 0 Å². The molecule has 1 unspecified atom stereocenters. The van der Waals surface area contributed by atoms with Gasteiger partial charge in [0.15, 0.2) is 0 Å². The molecular formula is C18H29NO3. The van der Waals surface area contributed by atoms with Gasteiger partial charge in [-0.1, -0.05) is 25.8 Å². The lowest BCUT2D eigenvalue weighted by Crippen LogP contribution is -2.35. The van der Waals surface area contributed by atoms with Gasteiger partial charge in [0.05, 0.1) is 16.2 Å². The van der Waals surface area contributed by atoms with Crippen molar-refractivity contribution in [3.63, 3.8) is 0 Å². The SMILES string of the molecule is [2H]C([2H])(OC([2H])([2H])C([2H])([2H])c1ccc(OC([2H])([2H])C([2H])(O)C([2H])([2H])NC([2H])(C([2H])([2H])[2H])C([2H])([2H])[2H])cc1)C1CC1. The summed E-state index contributed by atoms with van der Waals surface area (Å²) >= 11 is 0. The lowest BCUT2D eigenvalue weighted by atomic mass is 10.1.